The Morgan fingerprint density at radius 1 is 0.793 bits per heavy atom. The fourth-order valence-electron chi connectivity index (χ4n) is 3.53. The summed E-state index contributed by atoms with van der Waals surface area (Å²) in [4.78, 5) is 18.5. The summed E-state index contributed by atoms with van der Waals surface area (Å²) in [5.74, 6) is 0. The molecule has 6 aromatic heterocycles. The molecule has 2 N–H and O–H groups in total. The normalized spacial score (nSPS) is 11.4. The number of aromatic amines is 2. The Morgan fingerprint density at radius 2 is 1.79 bits per heavy atom. The molecule has 0 spiro atoms. The Kier molecular flexibility index (Phi) is 3.54. The molecule has 0 bridgehead atoms. The largest absolute Gasteiger partial charge is 0.353 e. The second-order valence-corrected chi connectivity index (χ2v) is 7.61. The summed E-state index contributed by atoms with van der Waals surface area (Å²) in [7, 11) is 0. The number of nitrogens with one attached hydrogen (secondary N) is 2. The van der Waals surface area contributed by atoms with Crippen molar-refractivity contribution in [3.63, 3.8) is 0 Å². The minimum absolute atomic E-state index is 0.783. The Hall–Kier alpha value is -3.84. The van der Waals surface area contributed by atoms with E-state index >= 15 is 0 Å². The zero-order chi connectivity index (χ0) is 19.2. The van der Waals surface area contributed by atoms with Crippen molar-refractivity contribution in [3.8, 4) is 33.3 Å². The predicted octanol–water partition coefficient (Wildman–Crippen LogP) is 5.29. The molecule has 6 heterocycles. The first-order valence-corrected chi connectivity index (χ1v) is 10.0. The minimum Gasteiger partial charge on any atom is -0.353 e. The van der Waals surface area contributed by atoms with Crippen molar-refractivity contribution in [3.05, 3.63) is 72.4 Å². The monoisotopic (exact) mass is 394 g/mol. The fourth-order valence-corrected chi connectivity index (χ4v) is 4.27. The molecule has 0 fully saturated rings. The van der Waals surface area contributed by atoms with Gasteiger partial charge in [-0.25, -0.2) is 4.98 Å². The number of aromatic nitrogens is 6. The molecule has 6 aromatic rings. The third-order valence-electron chi connectivity index (χ3n) is 4.89. The molecule has 0 unspecified atom stereocenters. The van der Waals surface area contributed by atoms with Crippen molar-refractivity contribution in [2.45, 2.75) is 0 Å². The minimum atomic E-state index is 0.783. The van der Waals surface area contributed by atoms with Crippen LogP contribution in [-0.4, -0.2) is 30.1 Å². The van der Waals surface area contributed by atoms with Crippen LogP contribution in [0.3, 0.4) is 0 Å². The number of hydrogen-bond acceptors (Lipinski definition) is 5. The van der Waals surface area contributed by atoms with Crippen LogP contribution in [0.5, 0.6) is 0 Å². The quantitative estimate of drug-likeness (QED) is 0.427. The van der Waals surface area contributed by atoms with Gasteiger partial charge in [0.05, 0.1) is 33.2 Å². The highest BCUT2D eigenvalue weighted by molar-refractivity contribution is 7.13. The summed E-state index contributed by atoms with van der Waals surface area (Å²) in [6.07, 6.45) is 3.60. The number of pyridine rings is 3. The van der Waals surface area contributed by atoms with Crippen molar-refractivity contribution in [2.24, 2.45) is 0 Å². The van der Waals surface area contributed by atoms with Crippen molar-refractivity contribution >= 4 is 33.3 Å². The SMILES string of the molecule is c1ccc(-c2ccc3[nH]nc(-c4cc5c(-c6cccs6)nccc5[nH]4)c3n2)nc1. The molecule has 0 aromatic carbocycles. The standard InChI is InChI=1S/C22H14N6S/c1-2-9-23-15(4-1)16-6-7-17-21(26-16)22(28-27-17)18-12-13-14(25-18)8-10-24-20(13)19-5-3-11-29-19/h1-12,25H,(H,27,28). The van der Waals surface area contributed by atoms with E-state index in [9.17, 15) is 0 Å². The van der Waals surface area contributed by atoms with Gasteiger partial charge in [-0.2, -0.15) is 5.10 Å². The van der Waals surface area contributed by atoms with Gasteiger partial charge in [0.2, 0.25) is 0 Å². The van der Waals surface area contributed by atoms with Crippen LogP contribution < -0.4 is 0 Å². The molecule has 0 amide bonds. The molecule has 6 nitrogen and oxygen atoms in total. The van der Waals surface area contributed by atoms with Gasteiger partial charge in [-0.15, -0.1) is 11.3 Å². The van der Waals surface area contributed by atoms with Gasteiger partial charge in [0.1, 0.15) is 11.2 Å². The first-order valence-electron chi connectivity index (χ1n) is 9.15. The molecule has 0 radical (unpaired) electrons. The van der Waals surface area contributed by atoms with Crippen LogP contribution in [0.1, 0.15) is 0 Å². The zero-order valence-electron chi connectivity index (χ0n) is 15.1. The van der Waals surface area contributed by atoms with Gasteiger partial charge in [0.15, 0.2) is 0 Å². The topological polar surface area (TPSA) is 83.1 Å². The maximum absolute atomic E-state index is 4.83. The highest BCUT2D eigenvalue weighted by Crippen LogP contribution is 2.34. The van der Waals surface area contributed by atoms with Crippen LogP contribution in [-0.2, 0) is 0 Å². The van der Waals surface area contributed by atoms with Crippen LogP contribution in [0.4, 0.5) is 0 Å². The Bertz CT molecular complexity index is 1450. The summed E-state index contributed by atoms with van der Waals surface area (Å²) < 4.78 is 0. The van der Waals surface area contributed by atoms with Gasteiger partial charge >= 0.3 is 0 Å². The van der Waals surface area contributed by atoms with E-state index in [0.29, 0.717) is 0 Å². The van der Waals surface area contributed by atoms with Gasteiger partial charge < -0.3 is 4.98 Å². The Balaban J connectivity index is 1.53. The van der Waals surface area contributed by atoms with E-state index in [1.807, 2.05) is 48.7 Å². The van der Waals surface area contributed by atoms with Crippen molar-refractivity contribution in [1.82, 2.24) is 30.1 Å². The van der Waals surface area contributed by atoms with Gasteiger partial charge in [0, 0.05) is 23.3 Å². The van der Waals surface area contributed by atoms with Gasteiger partial charge in [-0.05, 0) is 47.8 Å². The Labute approximate surface area is 169 Å². The van der Waals surface area contributed by atoms with Gasteiger partial charge in [0.25, 0.3) is 0 Å². The second-order valence-electron chi connectivity index (χ2n) is 6.66. The van der Waals surface area contributed by atoms with Crippen molar-refractivity contribution in [1.29, 1.82) is 0 Å². The average Bonchev–Trinajstić information content (AvgIpc) is 3.52. The fraction of sp³-hybridized carbons (Fsp3) is 0. The predicted molar refractivity (Wildman–Crippen MR) is 116 cm³/mol. The lowest BCUT2D eigenvalue weighted by Crippen LogP contribution is -1.87. The van der Waals surface area contributed by atoms with E-state index in [1.165, 1.54) is 0 Å². The summed E-state index contributed by atoms with van der Waals surface area (Å²) in [5.41, 5.74) is 7.03. The van der Waals surface area contributed by atoms with Crippen molar-refractivity contribution < 1.29 is 0 Å². The van der Waals surface area contributed by atoms with Crippen LogP contribution in [0.2, 0.25) is 0 Å². The first kappa shape index (κ1) is 16.1. The number of fused-ring (bicyclic) bond motifs is 2. The van der Waals surface area contributed by atoms with Crippen LogP contribution in [0.25, 0.3) is 55.3 Å². The van der Waals surface area contributed by atoms with Crippen LogP contribution in [0.15, 0.2) is 72.4 Å². The van der Waals surface area contributed by atoms with E-state index < -0.39 is 0 Å². The molecule has 0 saturated heterocycles. The number of thiophene rings is 1. The highest BCUT2D eigenvalue weighted by Gasteiger charge is 2.16. The summed E-state index contributed by atoms with van der Waals surface area (Å²) in [5, 5.41) is 10.8. The molecular formula is C22H14N6S. The second kappa shape index (κ2) is 6.35. The molecule has 0 atom stereocenters. The molecule has 6 rings (SSSR count). The third-order valence-corrected chi connectivity index (χ3v) is 5.77. The smallest absolute Gasteiger partial charge is 0.135 e. The molecule has 0 saturated carbocycles. The van der Waals surface area contributed by atoms with E-state index in [2.05, 4.69) is 42.7 Å². The highest BCUT2D eigenvalue weighted by atomic mass is 32.1. The summed E-state index contributed by atoms with van der Waals surface area (Å²) in [6.45, 7) is 0. The molecule has 7 heteroatoms. The molecular weight excluding hydrogens is 380 g/mol. The van der Waals surface area contributed by atoms with Crippen LogP contribution >= 0.6 is 11.3 Å². The van der Waals surface area contributed by atoms with E-state index in [1.54, 1.807) is 17.5 Å². The lowest BCUT2D eigenvalue weighted by Gasteiger charge is -2.00. The zero-order valence-corrected chi connectivity index (χ0v) is 15.9. The van der Waals surface area contributed by atoms with E-state index in [-0.39, 0.29) is 0 Å². The van der Waals surface area contributed by atoms with E-state index in [0.717, 1.165) is 55.3 Å². The van der Waals surface area contributed by atoms with Gasteiger partial charge in [-0.3, -0.25) is 15.1 Å². The first-order chi connectivity index (χ1) is 14.4. The number of rotatable bonds is 3. The molecule has 0 aliphatic rings. The van der Waals surface area contributed by atoms with E-state index in [4.69, 9.17) is 4.98 Å². The van der Waals surface area contributed by atoms with Crippen LogP contribution in [0, 0.1) is 0 Å². The lowest BCUT2D eigenvalue weighted by molar-refractivity contribution is 1.12. The maximum Gasteiger partial charge on any atom is 0.135 e. The number of nitrogens with zero attached hydrogens (tertiary/aromatic N) is 4. The molecule has 0 aliphatic carbocycles. The van der Waals surface area contributed by atoms with Crippen molar-refractivity contribution in [2.75, 3.05) is 0 Å². The van der Waals surface area contributed by atoms with Gasteiger partial charge in [-0.1, -0.05) is 12.1 Å². The molecule has 0 aliphatic heterocycles. The molecule has 138 valence electrons. The summed E-state index contributed by atoms with van der Waals surface area (Å²) in [6, 6.07) is 18.0. The number of H-pyrrole nitrogens is 2. The molecule has 29 heavy (non-hydrogen) atoms. The Morgan fingerprint density at radius 3 is 2.66 bits per heavy atom. The maximum atomic E-state index is 4.83. The number of hydrogen-bond donors (Lipinski definition) is 2. The lowest BCUT2D eigenvalue weighted by atomic mass is 10.2. The third kappa shape index (κ3) is 2.63. The summed E-state index contributed by atoms with van der Waals surface area (Å²) >= 11 is 1.68. The average molecular weight is 394 g/mol.